The van der Waals surface area contributed by atoms with Crippen LogP contribution < -0.4 is 11.1 Å². The zero-order valence-electron chi connectivity index (χ0n) is 9.70. The van der Waals surface area contributed by atoms with Crippen LogP contribution in [0.2, 0.25) is 0 Å². The largest absolute Gasteiger partial charge is 0.480 e. The molecule has 0 bridgehead atoms. The SMILES string of the molecule is CC(N)CC(=O)NC(C(=O)O)C(C)(C)C. The van der Waals surface area contributed by atoms with Crippen LogP contribution in [-0.2, 0) is 9.59 Å². The van der Waals surface area contributed by atoms with Crippen LogP contribution in [0.15, 0.2) is 0 Å². The Morgan fingerprint density at radius 2 is 1.87 bits per heavy atom. The second-order valence-corrected chi connectivity index (χ2v) is 4.89. The monoisotopic (exact) mass is 216 g/mol. The lowest BCUT2D eigenvalue weighted by Gasteiger charge is -2.28. The molecule has 5 nitrogen and oxygen atoms in total. The Labute approximate surface area is 90.0 Å². The van der Waals surface area contributed by atoms with Crippen LogP contribution in [0.4, 0.5) is 0 Å². The predicted octanol–water partition coefficient (Wildman–Crippen LogP) is 0.339. The van der Waals surface area contributed by atoms with E-state index in [0.717, 1.165) is 0 Å². The summed E-state index contributed by atoms with van der Waals surface area (Å²) in [5.41, 5.74) is 4.93. The third-order valence-electron chi connectivity index (χ3n) is 1.93. The maximum absolute atomic E-state index is 11.4. The summed E-state index contributed by atoms with van der Waals surface area (Å²) < 4.78 is 0. The van der Waals surface area contributed by atoms with Gasteiger partial charge >= 0.3 is 5.97 Å². The lowest BCUT2D eigenvalue weighted by Crippen LogP contribution is -2.49. The minimum Gasteiger partial charge on any atom is -0.480 e. The van der Waals surface area contributed by atoms with Crippen molar-refractivity contribution in [2.75, 3.05) is 0 Å². The third kappa shape index (κ3) is 5.37. The van der Waals surface area contributed by atoms with Gasteiger partial charge < -0.3 is 16.2 Å². The second-order valence-electron chi connectivity index (χ2n) is 4.89. The number of rotatable bonds is 4. The summed E-state index contributed by atoms with van der Waals surface area (Å²) in [5, 5.41) is 11.4. The Kier molecular flexibility index (Phi) is 4.74. The topological polar surface area (TPSA) is 92.4 Å². The van der Waals surface area contributed by atoms with E-state index in [0.29, 0.717) is 0 Å². The van der Waals surface area contributed by atoms with E-state index in [-0.39, 0.29) is 18.4 Å². The number of carbonyl (C=O) groups is 2. The van der Waals surface area contributed by atoms with Gasteiger partial charge in [-0.1, -0.05) is 20.8 Å². The van der Waals surface area contributed by atoms with E-state index in [1.165, 1.54) is 0 Å². The highest BCUT2D eigenvalue weighted by atomic mass is 16.4. The molecule has 0 aromatic rings. The Bertz CT molecular complexity index is 244. The molecule has 0 radical (unpaired) electrons. The molecule has 0 aliphatic rings. The number of hydrogen-bond donors (Lipinski definition) is 3. The van der Waals surface area contributed by atoms with Crippen LogP contribution >= 0.6 is 0 Å². The van der Waals surface area contributed by atoms with E-state index >= 15 is 0 Å². The Morgan fingerprint density at radius 3 is 2.13 bits per heavy atom. The van der Waals surface area contributed by atoms with Crippen LogP contribution in [0.25, 0.3) is 0 Å². The fourth-order valence-electron chi connectivity index (χ4n) is 1.16. The summed E-state index contributed by atoms with van der Waals surface area (Å²) in [5.74, 6) is -1.35. The van der Waals surface area contributed by atoms with Gasteiger partial charge in [0.25, 0.3) is 0 Å². The summed E-state index contributed by atoms with van der Waals surface area (Å²) in [7, 11) is 0. The summed E-state index contributed by atoms with van der Waals surface area (Å²) in [4.78, 5) is 22.3. The molecule has 2 unspecified atom stereocenters. The highest BCUT2D eigenvalue weighted by Gasteiger charge is 2.32. The molecule has 0 aliphatic heterocycles. The van der Waals surface area contributed by atoms with Crippen LogP contribution in [0.3, 0.4) is 0 Å². The molecule has 1 amide bonds. The number of nitrogens with two attached hydrogens (primary N) is 1. The van der Waals surface area contributed by atoms with Crippen LogP contribution in [0.1, 0.15) is 34.1 Å². The molecule has 0 heterocycles. The molecular formula is C10H20N2O3. The van der Waals surface area contributed by atoms with Gasteiger partial charge in [-0.2, -0.15) is 0 Å². The standard InChI is InChI=1S/C10H20N2O3/c1-6(11)5-7(13)12-8(9(14)15)10(2,3)4/h6,8H,5,11H2,1-4H3,(H,12,13)(H,14,15). The third-order valence-corrected chi connectivity index (χ3v) is 1.93. The van der Waals surface area contributed by atoms with Gasteiger partial charge in [-0.3, -0.25) is 4.79 Å². The van der Waals surface area contributed by atoms with Crippen LogP contribution in [-0.4, -0.2) is 29.1 Å². The minimum absolute atomic E-state index is 0.139. The Hall–Kier alpha value is -1.10. The first-order valence-corrected chi connectivity index (χ1v) is 4.92. The Balaban J connectivity index is 4.44. The number of carbonyl (C=O) groups excluding carboxylic acids is 1. The van der Waals surface area contributed by atoms with Gasteiger partial charge in [-0.15, -0.1) is 0 Å². The van der Waals surface area contributed by atoms with Gasteiger partial charge in [0.1, 0.15) is 6.04 Å². The van der Waals surface area contributed by atoms with Gasteiger partial charge in [0.15, 0.2) is 0 Å². The van der Waals surface area contributed by atoms with Crippen molar-refractivity contribution in [3.63, 3.8) is 0 Å². The average Bonchev–Trinajstić information content (AvgIpc) is 1.95. The molecule has 4 N–H and O–H groups in total. The highest BCUT2D eigenvalue weighted by molar-refractivity contribution is 5.84. The maximum atomic E-state index is 11.4. The molecule has 0 aliphatic carbocycles. The van der Waals surface area contributed by atoms with Crippen molar-refractivity contribution in [1.82, 2.24) is 5.32 Å². The second kappa shape index (κ2) is 5.11. The molecule has 0 saturated heterocycles. The number of carboxylic acid groups (broad SMARTS) is 1. The van der Waals surface area contributed by atoms with Gasteiger partial charge in [0, 0.05) is 12.5 Å². The molecule has 0 rings (SSSR count). The molecule has 2 atom stereocenters. The van der Waals surface area contributed by atoms with Gasteiger partial charge in [-0.05, 0) is 12.3 Å². The molecule has 0 aromatic heterocycles. The van der Waals surface area contributed by atoms with Crippen molar-refractivity contribution in [2.24, 2.45) is 11.1 Å². The van der Waals surface area contributed by atoms with E-state index in [2.05, 4.69) is 5.32 Å². The fraction of sp³-hybridized carbons (Fsp3) is 0.800. The van der Waals surface area contributed by atoms with Crippen molar-refractivity contribution in [3.8, 4) is 0 Å². The summed E-state index contributed by atoms with van der Waals surface area (Å²) >= 11 is 0. The predicted molar refractivity (Wildman–Crippen MR) is 57.3 cm³/mol. The molecule has 0 fully saturated rings. The van der Waals surface area contributed by atoms with Crippen molar-refractivity contribution in [1.29, 1.82) is 0 Å². The number of amides is 1. The van der Waals surface area contributed by atoms with Gasteiger partial charge in [0.2, 0.25) is 5.91 Å². The van der Waals surface area contributed by atoms with Crippen LogP contribution in [0, 0.1) is 5.41 Å². The first-order chi connectivity index (χ1) is 6.64. The van der Waals surface area contributed by atoms with Crippen molar-refractivity contribution < 1.29 is 14.7 Å². The number of carboxylic acids is 1. The number of hydrogen-bond acceptors (Lipinski definition) is 3. The van der Waals surface area contributed by atoms with Crippen molar-refractivity contribution in [2.45, 2.75) is 46.2 Å². The summed E-state index contributed by atoms with van der Waals surface area (Å²) in [6.45, 7) is 6.99. The normalized spacial score (nSPS) is 15.5. The smallest absolute Gasteiger partial charge is 0.326 e. The molecule has 0 aromatic carbocycles. The summed E-state index contributed by atoms with van der Waals surface area (Å²) in [6, 6.07) is -1.15. The first-order valence-electron chi connectivity index (χ1n) is 4.92. The van der Waals surface area contributed by atoms with Crippen molar-refractivity contribution >= 4 is 11.9 Å². The highest BCUT2D eigenvalue weighted by Crippen LogP contribution is 2.19. The van der Waals surface area contributed by atoms with Crippen molar-refractivity contribution in [3.05, 3.63) is 0 Å². The minimum atomic E-state index is -1.03. The molecule has 0 spiro atoms. The molecule has 15 heavy (non-hydrogen) atoms. The van der Waals surface area contributed by atoms with E-state index < -0.39 is 17.4 Å². The zero-order valence-corrected chi connectivity index (χ0v) is 9.70. The molecule has 0 saturated carbocycles. The Morgan fingerprint density at radius 1 is 1.40 bits per heavy atom. The quantitative estimate of drug-likeness (QED) is 0.631. The number of aliphatic carboxylic acids is 1. The van der Waals surface area contributed by atoms with E-state index in [4.69, 9.17) is 10.8 Å². The van der Waals surface area contributed by atoms with E-state index in [1.807, 2.05) is 0 Å². The fourth-order valence-corrected chi connectivity index (χ4v) is 1.16. The maximum Gasteiger partial charge on any atom is 0.326 e. The molecule has 5 heteroatoms. The number of nitrogens with one attached hydrogen (secondary N) is 1. The van der Waals surface area contributed by atoms with Crippen LogP contribution in [0.5, 0.6) is 0 Å². The average molecular weight is 216 g/mol. The van der Waals surface area contributed by atoms with Gasteiger partial charge in [0.05, 0.1) is 0 Å². The lowest BCUT2D eigenvalue weighted by atomic mass is 9.86. The molecular weight excluding hydrogens is 196 g/mol. The lowest BCUT2D eigenvalue weighted by molar-refractivity contribution is -0.145. The van der Waals surface area contributed by atoms with E-state index in [1.54, 1.807) is 27.7 Å². The first kappa shape index (κ1) is 13.9. The molecule has 88 valence electrons. The van der Waals surface area contributed by atoms with E-state index in [9.17, 15) is 9.59 Å². The zero-order chi connectivity index (χ0) is 12.2. The summed E-state index contributed by atoms with van der Waals surface area (Å²) in [6.07, 6.45) is 0.139. The van der Waals surface area contributed by atoms with Gasteiger partial charge in [-0.25, -0.2) is 4.79 Å².